The van der Waals surface area contributed by atoms with Crippen molar-refractivity contribution >= 4 is 34.3 Å². The molecule has 0 aliphatic carbocycles. The topological polar surface area (TPSA) is 29.1 Å². The van der Waals surface area contributed by atoms with Gasteiger partial charge in [0, 0.05) is 4.90 Å². The van der Waals surface area contributed by atoms with Crippen LogP contribution in [0.1, 0.15) is 11.1 Å². The van der Waals surface area contributed by atoms with Gasteiger partial charge in [-0.05, 0) is 43.0 Å². The molecule has 0 radical (unpaired) electrons. The van der Waals surface area contributed by atoms with Crippen LogP contribution in [0, 0.1) is 6.92 Å². The van der Waals surface area contributed by atoms with Gasteiger partial charge in [-0.25, -0.2) is 0 Å². The third kappa shape index (κ3) is 4.18. The van der Waals surface area contributed by atoms with E-state index < -0.39 is 22.7 Å². The van der Waals surface area contributed by atoms with Crippen molar-refractivity contribution in [2.75, 3.05) is 5.32 Å². The Bertz CT molecular complexity index is 703. The first-order valence-corrected chi connectivity index (χ1v) is 7.38. The fraction of sp³-hybridized carbons (Fsp3) is 0.133. The van der Waals surface area contributed by atoms with E-state index in [1.807, 2.05) is 13.0 Å². The summed E-state index contributed by atoms with van der Waals surface area (Å²) in [6, 6.07) is 10.5. The molecule has 2 aromatic carbocycles. The van der Waals surface area contributed by atoms with Gasteiger partial charge in [0.1, 0.15) is 0 Å². The molecule has 2 nitrogen and oxygen atoms in total. The molecule has 0 saturated carbocycles. The van der Waals surface area contributed by atoms with E-state index in [2.05, 4.69) is 5.32 Å². The fourth-order valence-corrected chi connectivity index (χ4v) is 2.78. The lowest BCUT2D eigenvalue weighted by Crippen LogP contribution is -2.13. The summed E-state index contributed by atoms with van der Waals surface area (Å²) in [6.07, 6.45) is -4.60. The predicted octanol–water partition coefficient (Wildman–Crippen LogP) is 5.99. The third-order valence-corrected chi connectivity index (χ3v) is 3.84. The number of benzene rings is 2. The molecule has 0 spiro atoms. The normalized spacial score (nSPS) is 11.3. The molecule has 1 amide bonds. The van der Waals surface area contributed by atoms with Gasteiger partial charge in [-0.15, -0.1) is 0 Å². The van der Waals surface area contributed by atoms with Gasteiger partial charge in [0.05, 0.1) is 16.3 Å². The fourth-order valence-electron chi connectivity index (χ4n) is 1.80. The summed E-state index contributed by atoms with van der Waals surface area (Å²) in [5, 5.41) is 1.43. The summed E-state index contributed by atoms with van der Waals surface area (Å²) >= 11 is 6.59. The molecule has 0 aliphatic rings. The molecule has 0 bridgehead atoms. The van der Waals surface area contributed by atoms with Gasteiger partial charge in [-0.3, -0.25) is 4.79 Å². The number of halogens is 4. The molecule has 0 heterocycles. The Hall–Kier alpha value is -1.66. The van der Waals surface area contributed by atoms with Crippen LogP contribution >= 0.6 is 23.4 Å². The van der Waals surface area contributed by atoms with Crippen molar-refractivity contribution in [3.63, 3.8) is 0 Å². The van der Waals surface area contributed by atoms with Crippen molar-refractivity contribution < 1.29 is 18.0 Å². The van der Waals surface area contributed by atoms with Crippen molar-refractivity contribution in [1.29, 1.82) is 0 Å². The van der Waals surface area contributed by atoms with Crippen LogP contribution in [0.25, 0.3) is 0 Å². The lowest BCUT2D eigenvalue weighted by Gasteiger charge is -2.14. The molecule has 22 heavy (non-hydrogen) atoms. The van der Waals surface area contributed by atoms with E-state index in [0.717, 1.165) is 23.4 Å². The van der Waals surface area contributed by atoms with Gasteiger partial charge < -0.3 is 5.32 Å². The maximum atomic E-state index is 12.9. The Morgan fingerprint density at radius 3 is 2.50 bits per heavy atom. The van der Waals surface area contributed by atoms with Crippen LogP contribution in [0.15, 0.2) is 47.4 Å². The first kappa shape index (κ1) is 16.7. The van der Waals surface area contributed by atoms with Crippen molar-refractivity contribution in [3.05, 3.63) is 58.6 Å². The highest BCUT2D eigenvalue weighted by Gasteiger charge is 2.34. The number of carbonyl (C=O) groups excluding carboxylic acids is 1. The number of anilines is 1. The van der Waals surface area contributed by atoms with Crippen molar-refractivity contribution in [3.8, 4) is 0 Å². The minimum Gasteiger partial charge on any atom is -0.315 e. The van der Waals surface area contributed by atoms with Gasteiger partial charge in [0.25, 0.3) is 5.24 Å². The van der Waals surface area contributed by atoms with Crippen LogP contribution in [-0.2, 0) is 6.18 Å². The van der Waals surface area contributed by atoms with Crippen LogP contribution in [0.4, 0.5) is 23.7 Å². The Balaban J connectivity index is 2.22. The monoisotopic (exact) mass is 345 g/mol. The van der Waals surface area contributed by atoms with Gasteiger partial charge >= 0.3 is 6.18 Å². The van der Waals surface area contributed by atoms with Crippen molar-refractivity contribution in [2.24, 2.45) is 0 Å². The zero-order valence-corrected chi connectivity index (χ0v) is 12.9. The summed E-state index contributed by atoms with van der Waals surface area (Å²) in [5.41, 5.74) is -0.452. The third-order valence-electron chi connectivity index (χ3n) is 2.75. The first-order chi connectivity index (χ1) is 10.3. The molecule has 2 rings (SSSR count). The summed E-state index contributed by atoms with van der Waals surface area (Å²) in [4.78, 5) is 12.6. The molecule has 116 valence electrons. The summed E-state index contributed by atoms with van der Waals surface area (Å²) in [6.45, 7) is 1.86. The SMILES string of the molecule is Cc1cccc(SC(=O)Nc2c(Cl)cccc2C(F)(F)F)c1. The largest absolute Gasteiger partial charge is 0.418 e. The Morgan fingerprint density at radius 2 is 1.86 bits per heavy atom. The smallest absolute Gasteiger partial charge is 0.315 e. The number of nitrogens with one attached hydrogen (secondary N) is 1. The second-order valence-corrected chi connectivity index (χ2v) is 5.94. The molecule has 0 atom stereocenters. The highest BCUT2D eigenvalue weighted by molar-refractivity contribution is 8.13. The number of aryl methyl sites for hydroxylation is 1. The number of alkyl halides is 3. The lowest BCUT2D eigenvalue weighted by molar-refractivity contribution is -0.136. The molecule has 7 heteroatoms. The highest BCUT2D eigenvalue weighted by atomic mass is 35.5. The molecular weight excluding hydrogens is 335 g/mol. The molecule has 0 saturated heterocycles. The van der Waals surface area contributed by atoms with E-state index in [4.69, 9.17) is 11.6 Å². The second-order valence-electron chi connectivity index (χ2n) is 4.49. The Kier molecular flexibility index (Phi) is 5.03. The molecule has 0 unspecified atom stereocenters. The molecular formula is C15H11ClF3NOS. The number of rotatable bonds is 2. The minimum atomic E-state index is -4.60. The molecule has 0 aliphatic heterocycles. The highest BCUT2D eigenvalue weighted by Crippen LogP contribution is 2.39. The average molecular weight is 346 g/mol. The molecule has 2 aromatic rings. The lowest BCUT2D eigenvalue weighted by atomic mass is 10.1. The maximum absolute atomic E-state index is 12.9. The van der Waals surface area contributed by atoms with E-state index in [-0.39, 0.29) is 5.02 Å². The molecule has 0 fully saturated rings. The number of hydrogen-bond donors (Lipinski definition) is 1. The summed E-state index contributed by atoms with van der Waals surface area (Å²) in [5.74, 6) is 0. The van der Waals surface area contributed by atoms with Crippen LogP contribution in [0.5, 0.6) is 0 Å². The average Bonchev–Trinajstić information content (AvgIpc) is 2.39. The standard InChI is InChI=1S/C15H11ClF3NOS/c1-9-4-2-5-10(8-9)22-14(21)20-13-11(15(17,18)19)6-3-7-12(13)16/h2-8H,1H3,(H,20,21). The van der Waals surface area contributed by atoms with E-state index in [1.54, 1.807) is 18.2 Å². The number of hydrogen-bond acceptors (Lipinski definition) is 2. The van der Waals surface area contributed by atoms with Crippen molar-refractivity contribution in [1.82, 2.24) is 0 Å². The maximum Gasteiger partial charge on any atom is 0.418 e. The van der Waals surface area contributed by atoms with Gasteiger partial charge in [-0.1, -0.05) is 35.4 Å². The van der Waals surface area contributed by atoms with Crippen LogP contribution in [-0.4, -0.2) is 5.24 Å². The van der Waals surface area contributed by atoms with E-state index in [1.165, 1.54) is 12.1 Å². The molecule has 1 N–H and O–H groups in total. The number of carbonyl (C=O) groups is 1. The number of para-hydroxylation sites is 1. The van der Waals surface area contributed by atoms with Crippen molar-refractivity contribution in [2.45, 2.75) is 18.0 Å². The summed E-state index contributed by atoms with van der Waals surface area (Å²) < 4.78 is 38.8. The quantitative estimate of drug-likeness (QED) is 0.677. The van der Waals surface area contributed by atoms with Crippen LogP contribution in [0.3, 0.4) is 0 Å². The van der Waals surface area contributed by atoms with Gasteiger partial charge in [-0.2, -0.15) is 13.2 Å². The zero-order valence-electron chi connectivity index (χ0n) is 11.4. The Labute approximate surface area is 134 Å². The second kappa shape index (κ2) is 6.62. The van der Waals surface area contributed by atoms with E-state index in [0.29, 0.717) is 4.90 Å². The van der Waals surface area contributed by atoms with Crippen LogP contribution < -0.4 is 5.32 Å². The molecule has 0 aromatic heterocycles. The summed E-state index contributed by atoms with van der Waals surface area (Å²) in [7, 11) is 0. The minimum absolute atomic E-state index is 0.159. The predicted molar refractivity (Wildman–Crippen MR) is 82.5 cm³/mol. The van der Waals surface area contributed by atoms with E-state index >= 15 is 0 Å². The van der Waals surface area contributed by atoms with Gasteiger partial charge in [0.15, 0.2) is 0 Å². The van der Waals surface area contributed by atoms with Gasteiger partial charge in [0.2, 0.25) is 0 Å². The van der Waals surface area contributed by atoms with E-state index in [9.17, 15) is 18.0 Å². The zero-order chi connectivity index (χ0) is 16.3. The van der Waals surface area contributed by atoms with Crippen LogP contribution in [0.2, 0.25) is 5.02 Å². The number of amides is 1. The Morgan fingerprint density at radius 1 is 1.18 bits per heavy atom. The first-order valence-electron chi connectivity index (χ1n) is 6.18. The number of thioether (sulfide) groups is 1.